The van der Waals surface area contributed by atoms with Crippen molar-refractivity contribution in [1.82, 2.24) is 0 Å². The maximum Gasteiger partial charge on any atom is 0.0761 e. The maximum atomic E-state index is 9.45. The fourth-order valence-electron chi connectivity index (χ4n) is 2.03. The van der Waals surface area contributed by atoms with Gasteiger partial charge in [0, 0.05) is 24.5 Å². The van der Waals surface area contributed by atoms with Crippen LogP contribution in [0.15, 0.2) is 24.3 Å². The first kappa shape index (κ1) is 11.8. The minimum Gasteiger partial charge on any atom is -0.389 e. The number of rotatable bonds is 3. The second kappa shape index (κ2) is 5.11. The van der Waals surface area contributed by atoms with Gasteiger partial charge in [0.15, 0.2) is 0 Å². The van der Waals surface area contributed by atoms with Crippen LogP contribution >= 0.6 is 11.8 Å². The van der Waals surface area contributed by atoms with E-state index in [0.717, 1.165) is 5.56 Å². The molecule has 1 aliphatic heterocycles. The molecule has 0 aromatic heterocycles. The van der Waals surface area contributed by atoms with Crippen molar-refractivity contribution in [2.45, 2.75) is 25.5 Å². The molecule has 0 spiro atoms. The summed E-state index contributed by atoms with van der Waals surface area (Å²) in [5.74, 6) is 2.51. The Morgan fingerprint density at radius 1 is 1.38 bits per heavy atom. The highest BCUT2D eigenvalue weighted by Crippen LogP contribution is 2.26. The Balaban J connectivity index is 2.08. The minimum atomic E-state index is -0.374. The molecule has 1 heterocycles. The Bertz CT molecular complexity index is 330. The molecule has 1 saturated heterocycles. The van der Waals surface area contributed by atoms with Gasteiger partial charge in [-0.25, -0.2) is 0 Å². The molecule has 0 bridgehead atoms. The normalized spacial score (nSPS) is 22.1. The van der Waals surface area contributed by atoms with Gasteiger partial charge in [-0.3, -0.25) is 0 Å². The summed E-state index contributed by atoms with van der Waals surface area (Å²) >= 11 is 2.03. The number of hydrogen-bond acceptors (Lipinski definition) is 3. The van der Waals surface area contributed by atoms with Crippen molar-refractivity contribution in [3.8, 4) is 0 Å². The molecule has 2 rings (SSSR count). The molecule has 0 aliphatic carbocycles. The zero-order chi connectivity index (χ0) is 11.5. The number of nitrogens with zero attached hydrogens (tertiary/aromatic N) is 1. The minimum absolute atomic E-state index is 0.374. The number of hydrogen-bond donors (Lipinski definition) is 1. The summed E-state index contributed by atoms with van der Waals surface area (Å²) in [4.78, 5) is 2.35. The Hall–Kier alpha value is -0.670. The summed E-state index contributed by atoms with van der Waals surface area (Å²) in [6.45, 7) is 1.80. The van der Waals surface area contributed by atoms with Crippen molar-refractivity contribution in [2.24, 2.45) is 0 Å². The smallest absolute Gasteiger partial charge is 0.0761 e. The van der Waals surface area contributed by atoms with Crippen LogP contribution in [0.3, 0.4) is 0 Å². The van der Waals surface area contributed by atoms with Gasteiger partial charge in [0.05, 0.1) is 6.10 Å². The van der Waals surface area contributed by atoms with Crippen molar-refractivity contribution >= 4 is 17.4 Å². The Labute approximate surface area is 102 Å². The highest BCUT2D eigenvalue weighted by molar-refractivity contribution is 7.99. The van der Waals surface area contributed by atoms with Gasteiger partial charge in [-0.15, -0.1) is 0 Å². The monoisotopic (exact) mass is 237 g/mol. The van der Waals surface area contributed by atoms with Gasteiger partial charge in [0.25, 0.3) is 0 Å². The van der Waals surface area contributed by atoms with E-state index in [1.807, 2.05) is 23.9 Å². The first-order valence-electron chi connectivity index (χ1n) is 5.77. The van der Waals surface area contributed by atoms with Gasteiger partial charge in [-0.05, 0) is 36.8 Å². The molecular weight excluding hydrogens is 218 g/mol. The fourth-order valence-corrected chi connectivity index (χ4v) is 3.29. The average Bonchev–Trinajstić information content (AvgIpc) is 2.81. The van der Waals surface area contributed by atoms with E-state index >= 15 is 0 Å². The molecule has 2 atom stereocenters. The Kier molecular flexibility index (Phi) is 3.77. The third kappa shape index (κ3) is 2.53. The molecule has 0 saturated carbocycles. The fraction of sp³-hybridized carbons (Fsp3) is 0.538. The summed E-state index contributed by atoms with van der Waals surface area (Å²) < 4.78 is 0. The van der Waals surface area contributed by atoms with Crippen LogP contribution in [-0.2, 0) is 0 Å². The zero-order valence-electron chi connectivity index (χ0n) is 9.89. The number of benzene rings is 1. The molecule has 1 unspecified atom stereocenters. The van der Waals surface area contributed by atoms with E-state index in [9.17, 15) is 5.11 Å². The first-order chi connectivity index (χ1) is 7.68. The zero-order valence-corrected chi connectivity index (χ0v) is 10.7. The van der Waals surface area contributed by atoms with Crippen LogP contribution in [0.1, 0.15) is 25.0 Å². The molecule has 0 radical (unpaired) electrons. The highest BCUT2D eigenvalue weighted by Gasteiger charge is 2.20. The van der Waals surface area contributed by atoms with Crippen LogP contribution in [0.2, 0.25) is 0 Å². The van der Waals surface area contributed by atoms with Crippen LogP contribution < -0.4 is 4.90 Å². The Morgan fingerprint density at radius 2 is 2.06 bits per heavy atom. The summed E-state index contributed by atoms with van der Waals surface area (Å²) in [7, 11) is 2.16. The van der Waals surface area contributed by atoms with Gasteiger partial charge in [0.2, 0.25) is 0 Å². The molecule has 1 aromatic carbocycles. The lowest BCUT2D eigenvalue weighted by molar-refractivity contribution is 0.199. The standard InChI is InChI=1S/C13H19NOS/c1-10(15)11-3-5-12(6-4-11)14(2)13-7-8-16-9-13/h3-6,10,13,15H,7-9H2,1-2H3/t10-,13?/m0/s1. The predicted molar refractivity (Wildman–Crippen MR) is 71.2 cm³/mol. The number of anilines is 1. The lowest BCUT2D eigenvalue weighted by atomic mass is 10.1. The summed E-state index contributed by atoms with van der Waals surface area (Å²) in [5, 5.41) is 9.45. The molecule has 88 valence electrons. The quantitative estimate of drug-likeness (QED) is 0.874. The second-order valence-corrected chi connectivity index (χ2v) is 5.55. The van der Waals surface area contributed by atoms with Gasteiger partial charge >= 0.3 is 0 Å². The van der Waals surface area contributed by atoms with Crippen molar-refractivity contribution in [3.05, 3.63) is 29.8 Å². The van der Waals surface area contributed by atoms with E-state index in [-0.39, 0.29) is 6.10 Å². The van der Waals surface area contributed by atoms with Crippen molar-refractivity contribution in [2.75, 3.05) is 23.5 Å². The van der Waals surface area contributed by atoms with Crippen LogP contribution in [0.5, 0.6) is 0 Å². The van der Waals surface area contributed by atoms with Crippen LogP contribution in [-0.4, -0.2) is 29.7 Å². The van der Waals surface area contributed by atoms with E-state index in [4.69, 9.17) is 0 Å². The molecule has 0 amide bonds. The predicted octanol–water partition coefficient (Wildman–Crippen LogP) is 2.68. The second-order valence-electron chi connectivity index (χ2n) is 4.40. The topological polar surface area (TPSA) is 23.5 Å². The van der Waals surface area contributed by atoms with Crippen LogP contribution in [0.25, 0.3) is 0 Å². The van der Waals surface area contributed by atoms with Crippen molar-refractivity contribution in [1.29, 1.82) is 0 Å². The van der Waals surface area contributed by atoms with Crippen molar-refractivity contribution < 1.29 is 5.11 Å². The Morgan fingerprint density at radius 3 is 2.56 bits per heavy atom. The SMILES string of the molecule is C[C@H](O)c1ccc(N(C)C2CCSC2)cc1. The largest absolute Gasteiger partial charge is 0.389 e. The highest BCUT2D eigenvalue weighted by atomic mass is 32.2. The lowest BCUT2D eigenvalue weighted by Crippen LogP contribution is -2.31. The van der Waals surface area contributed by atoms with Gasteiger partial charge in [-0.2, -0.15) is 11.8 Å². The third-order valence-electron chi connectivity index (χ3n) is 3.24. The average molecular weight is 237 g/mol. The third-order valence-corrected chi connectivity index (χ3v) is 4.38. The molecule has 1 aliphatic rings. The molecule has 1 N–H and O–H groups in total. The van der Waals surface area contributed by atoms with Crippen LogP contribution in [0, 0.1) is 0 Å². The molecule has 3 heteroatoms. The molecule has 2 nitrogen and oxygen atoms in total. The number of aliphatic hydroxyl groups is 1. The number of aliphatic hydroxyl groups excluding tert-OH is 1. The van der Waals surface area contributed by atoms with Gasteiger partial charge in [-0.1, -0.05) is 12.1 Å². The van der Waals surface area contributed by atoms with Crippen molar-refractivity contribution in [3.63, 3.8) is 0 Å². The summed E-state index contributed by atoms with van der Waals surface area (Å²) in [6, 6.07) is 8.90. The van der Waals surface area contributed by atoms with Gasteiger partial charge < -0.3 is 10.0 Å². The molecule has 16 heavy (non-hydrogen) atoms. The van der Waals surface area contributed by atoms with E-state index in [2.05, 4.69) is 24.1 Å². The maximum absolute atomic E-state index is 9.45. The van der Waals surface area contributed by atoms with Crippen LogP contribution in [0.4, 0.5) is 5.69 Å². The molecule has 1 fully saturated rings. The first-order valence-corrected chi connectivity index (χ1v) is 6.92. The van der Waals surface area contributed by atoms with Gasteiger partial charge in [0.1, 0.15) is 0 Å². The molecular formula is C13H19NOS. The lowest BCUT2D eigenvalue weighted by Gasteiger charge is -2.26. The van der Waals surface area contributed by atoms with E-state index in [0.29, 0.717) is 6.04 Å². The van der Waals surface area contributed by atoms with E-state index in [1.165, 1.54) is 23.6 Å². The summed E-state index contributed by atoms with van der Waals surface area (Å²) in [6.07, 6.45) is 0.903. The summed E-state index contributed by atoms with van der Waals surface area (Å²) in [5.41, 5.74) is 2.23. The molecule has 1 aromatic rings. The van der Waals surface area contributed by atoms with E-state index < -0.39 is 0 Å². The van der Waals surface area contributed by atoms with E-state index in [1.54, 1.807) is 6.92 Å². The number of thioether (sulfide) groups is 1.